The second-order valence-corrected chi connectivity index (χ2v) is 7.52. The van der Waals surface area contributed by atoms with Crippen LogP contribution in [0.4, 0.5) is 0 Å². The Balaban J connectivity index is 1.71. The summed E-state index contributed by atoms with van der Waals surface area (Å²) in [6.45, 7) is 2.08. The Bertz CT molecular complexity index is 954. The maximum atomic E-state index is 11.9. The molecular weight excluding hydrogens is 352 g/mol. The molecule has 0 bridgehead atoms. The van der Waals surface area contributed by atoms with Crippen LogP contribution in [0.25, 0.3) is 0 Å². The molecule has 7 nitrogen and oxygen atoms in total. The number of aromatic nitrogens is 2. The van der Waals surface area contributed by atoms with Gasteiger partial charge in [-0.2, -0.15) is 4.98 Å². The van der Waals surface area contributed by atoms with E-state index in [1.165, 1.54) is 0 Å². The predicted molar refractivity (Wildman–Crippen MR) is 96.9 cm³/mol. The van der Waals surface area contributed by atoms with Crippen molar-refractivity contribution in [1.82, 2.24) is 14.9 Å². The summed E-state index contributed by atoms with van der Waals surface area (Å²) in [4.78, 5) is 4.57. The summed E-state index contributed by atoms with van der Waals surface area (Å²) < 4.78 is 31.6. The fourth-order valence-corrected chi connectivity index (χ4v) is 3.55. The molecule has 0 aliphatic carbocycles. The predicted octanol–water partition coefficient (Wildman–Crippen LogP) is 2.01. The molecule has 0 amide bonds. The lowest BCUT2D eigenvalue weighted by Crippen LogP contribution is -2.23. The van der Waals surface area contributed by atoms with E-state index in [-0.39, 0.29) is 4.90 Å². The highest BCUT2D eigenvalue weighted by Crippen LogP contribution is 2.18. The van der Waals surface area contributed by atoms with Crippen LogP contribution in [0.1, 0.15) is 35.8 Å². The SMILES string of the molecule is CCNS(=O)(=O)c1ccc(Cc2nc(C(N)c3ccccc3)no2)cc1. The summed E-state index contributed by atoms with van der Waals surface area (Å²) in [5, 5.41) is 3.95. The Morgan fingerprint density at radius 1 is 1.12 bits per heavy atom. The maximum absolute atomic E-state index is 11.9. The van der Waals surface area contributed by atoms with Crippen LogP contribution in [0.5, 0.6) is 0 Å². The molecule has 0 aliphatic rings. The van der Waals surface area contributed by atoms with Gasteiger partial charge in [0.1, 0.15) is 0 Å². The molecule has 1 heterocycles. The smallest absolute Gasteiger partial charge is 0.240 e. The quantitative estimate of drug-likeness (QED) is 0.656. The molecule has 8 heteroatoms. The molecule has 0 radical (unpaired) electrons. The van der Waals surface area contributed by atoms with Crippen LogP contribution in [-0.4, -0.2) is 25.1 Å². The number of hydrogen-bond acceptors (Lipinski definition) is 6. The van der Waals surface area contributed by atoms with Gasteiger partial charge in [-0.1, -0.05) is 54.5 Å². The fourth-order valence-electron chi connectivity index (χ4n) is 2.51. The number of nitrogens with zero attached hydrogens (tertiary/aromatic N) is 2. The summed E-state index contributed by atoms with van der Waals surface area (Å²) in [7, 11) is -3.46. The molecule has 1 atom stereocenters. The second kappa shape index (κ2) is 7.77. The van der Waals surface area contributed by atoms with Gasteiger partial charge in [0.2, 0.25) is 15.9 Å². The summed E-state index contributed by atoms with van der Waals surface area (Å²) in [6, 6.07) is 15.6. The van der Waals surface area contributed by atoms with Crippen molar-refractivity contribution in [3.63, 3.8) is 0 Å². The lowest BCUT2D eigenvalue weighted by atomic mass is 10.1. The molecular formula is C18H20N4O3S. The highest BCUT2D eigenvalue weighted by Gasteiger charge is 2.17. The minimum absolute atomic E-state index is 0.223. The minimum atomic E-state index is -3.46. The number of rotatable bonds is 7. The van der Waals surface area contributed by atoms with Gasteiger partial charge in [-0.05, 0) is 23.3 Å². The fraction of sp³-hybridized carbons (Fsp3) is 0.222. The molecule has 0 saturated heterocycles. The standard InChI is InChI=1S/C18H20N4O3S/c1-2-20-26(23,24)15-10-8-13(9-11-15)12-16-21-18(22-25-16)17(19)14-6-4-3-5-7-14/h3-11,17,20H,2,12,19H2,1H3. The number of benzene rings is 2. The first kappa shape index (κ1) is 18.2. The van der Waals surface area contributed by atoms with Gasteiger partial charge in [0.25, 0.3) is 0 Å². The second-order valence-electron chi connectivity index (χ2n) is 5.76. The molecule has 136 valence electrons. The van der Waals surface area contributed by atoms with E-state index >= 15 is 0 Å². The third-order valence-electron chi connectivity index (χ3n) is 3.84. The van der Waals surface area contributed by atoms with Gasteiger partial charge in [0.05, 0.1) is 17.4 Å². The topological polar surface area (TPSA) is 111 Å². The van der Waals surface area contributed by atoms with E-state index in [0.29, 0.717) is 24.7 Å². The lowest BCUT2D eigenvalue weighted by molar-refractivity contribution is 0.377. The van der Waals surface area contributed by atoms with Crippen LogP contribution in [-0.2, 0) is 16.4 Å². The number of nitrogens with one attached hydrogen (secondary N) is 1. The van der Waals surface area contributed by atoms with Crippen molar-refractivity contribution in [2.45, 2.75) is 24.3 Å². The molecule has 3 N–H and O–H groups in total. The molecule has 1 unspecified atom stereocenters. The summed E-state index contributed by atoms with van der Waals surface area (Å²) in [6.07, 6.45) is 0.399. The van der Waals surface area contributed by atoms with Crippen molar-refractivity contribution in [3.05, 3.63) is 77.4 Å². The maximum Gasteiger partial charge on any atom is 0.240 e. The monoisotopic (exact) mass is 372 g/mol. The molecule has 3 rings (SSSR count). The van der Waals surface area contributed by atoms with Gasteiger partial charge in [0, 0.05) is 6.54 Å². The van der Waals surface area contributed by atoms with Gasteiger partial charge in [-0.25, -0.2) is 13.1 Å². The first-order valence-electron chi connectivity index (χ1n) is 8.21. The lowest BCUT2D eigenvalue weighted by Gasteiger charge is -2.06. The Labute approximate surface area is 152 Å². The van der Waals surface area contributed by atoms with Crippen LogP contribution < -0.4 is 10.5 Å². The van der Waals surface area contributed by atoms with E-state index in [4.69, 9.17) is 10.3 Å². The zero-order valence-electron chi connectivity index (χ0n) is 14.3. The number of hydrogen-bond donors (Lipinski definition) is 2. The van der Waals surface area contributed by atoms with E-state index < -0.39 is 16.1 Å². The average molecular weight is 372 g/mol. The van der Waals surface area contributed by atoms with Crippen molar-refractivity contribution in [3.8, 4) is 0 Å². The first-order valence-corrected chi connectivity index (χ1v) is 9.69. The van der Waals surface area contributed by atoms with Gasteiger partial charge in [-0.15, -0.1) is 0 Å². The summed E-state index contributed by atoms with van der Waals surface area (Å²) in [5.74, 6) is 0.839. The number of sulfonamides is 1. The van der Waals surface area contributed by atoms with Crippen molar-refractivity contribution < 1.29 is 12.9 Å². The van der Waals surface area contributed by atoms with Crippen LogP contribution in [0.3, 0.4) is 0 Å². The Morgan fingerprint density at radius 2 is 1.81 bits per heavy atom. The van der Waals surface area contributed by atoms with Crippen LogP contribution >= 0.6 is 0 Å². The molecule has 0 spiro atoms. The van der Waals surface area contributed by atoms with Crippen molar-refractivity contribution in [1.29, 1.82) is 0 Å². The van der Waals surface area contributed by atoms with Crippen molar-refractivity contribution >= 4 is 10.0 Å². The highest BCUT2D eigenvalue weighted by atomic mass is 32.2. The normalized spacial score (nSPS) is 12.8. The third kappa shape index (κ3) is 4.16. The largest absolute Gasteiger partial charge is 0.339 e. The molecule has 0 fully saturated rings. The van der Waals surface area contributed by atoms with E-state index in [2.05, 4.69) is 14.9 Å². The zero-order chi connectivity index (χ0) is 18.6. The summed E-state index contributed by atoms with van der Waals surface area (Å²) in [5.41, 5.74) is 7.93. The van der Waals surface area contributed by atoms with Crippen molar-refractivity contribution in [2.75, 3.05) is 6.54 Å². The van der Waals surface area contributed by atoms with E-state index in [9.17, 15) is 8.42 Å². The van der Waals surface area contributed by atoms with E-state index in [1.807, 2.05) is 30.3 Å². The van der Waals surface area contributed by atoms with Gasteiger partial charge < -0.3 is 10.3 Å². The first-order chi connectivity index (χ1) is 12.5. The van der Waals surface area contributed by atoms with Gasteiger partial charge >= 0.3 is 0 Å². The minimum Gasteiger partial charge on any atom is -0.339 e. The highest BCUT2D eigenvalue weighted by molar-refractivity contribution is 7.89. The Morgan fingerprint density at radius 3 is 2.46 bits per heavy atom. The summed E-state index contributed by atoms with van der Waals surface area (Å²) >= 11 is 0. The molecule has 1 aromatic heterocycles. The Hall–Kier alpha value is -2.55. The van der Waals surface area contributed by atoms with Crippen LogP contribution in [0.15, 0.2) is 64.0 Å². The average Bonchev–Trinajstić information content (AvgIpc) is 3.11. The van der Waals surface area contributed by atoms with Crippen molar-refractivity contribution in [2.24, 2.45) is 5.73 Å². The Kier molecular flexibility index (Phi) is 5.46. The van der Waals surface area contributed by atoms with E-state index in [0.717, 1.165) is 11.1 Å². The molecule has 3 aromatic rings. The van der Waals surface area contributed by atoms with Gasteiger partial charge in [-0.3, -0.25) is 0 Å². The molecule has 26 heavy (non-hydrogen) atoms. The number of nitrogens with two attached hydrogens (primary N) is 1. The zero-order valence-corrected chi connectivity index (χ0v) is 15.1. The van der Waals surface area contributed by atoms with E-state index in [1.54, 1.807) is 31.2 Å². The molecule has 0 aliphatic heterocycles. The third-order valence-corrected chi connectivity index (χ3v) is 5.41. The molecule has 2 aromatic carbocycles. The van der Waals surface area contributed by atoms with Gasteiger partial charge in [0.15, 0.2) is 5.82 Å². The molecule has 0 saturated carbocycles. The van der Waals surface area contributed by atoms with Crippen LogP contribution in [0, 0.1) is 0 Å². The van der Waals surface area contributed by atoms with Crippen LogP contribution in [0.2, 0.25) is 0 Å².